The van der Waals surface area contributed by atoms with Crippen LogP contribution in [0.2, 0.25) is 0 Å². The molecule has 1 rings (SSSR count). The lowest BCUT2D eigenvalue weighted by Gasteiger charge is -2.05. The second-order valence-corrected chi connectivity index (χ2v) is 3.50. The Bertz CT molecular complexity index is 336. The van der Waals surface area contributed by atoms with Crippen molar-refractivity contribution >= 4 is 23.1 Å². The summed E-state index contributed by atoms with van der Waals surface area (Å²) >= 11 is 5.48. The van der Waals surface area contributed by atoms with Crippen LogP contribution in [0.3, 0.4) is 0 Å². The van der Waals surface area contributed by atoms with Crippen LogP contribution < -0.4 is 5.73 Å². The quantitative estimate of drug-likeness (QED) is 0.473. The van der Waals surface area contributed by atoms with E-state index in [1.54, 1.807) is 6.07 Å². The molecule has 14 heavy (non-hydrogen) atoms. The highest BCUT2D eigenvalue weighted by molar-refractivity contribution is 6.31. The van der Waals surface area contributed by atoms with Crippen molar-refractivity contribution < 1.29 is 4.79 Å². The first-order valence-corrected chi connectivity index (χ1v) is 5.20. The molecule has 0 aliphatic rings. The summed E-state index contributed by atoms with van der Waals surface area (Å²) in [4.78, 5) is 11.4. The number of hydrogen-bond acceptors (Lipinski definition) is 2. The fourth-order valence-corrected chi connectivity index (χ4v) is 1.51. The van der Waals surface area contributed by atoms with Crippen LogP contribution in [0.25, 0.3) is 0 Å². The number of carbonyl (C=O) groups is 1. The minimum Gasteiger partial charge on any atom is -0.398 e. The Morgan fingerprint density at radius 2 is 2.21 bits per heavy atom. The van der Waals surface area contributed by atoms with E-state index in [-0.39, 0.29) is 11.7 Å². The first-order valence-electron chi connectivity index (χ1n) is 4.66. The fourth-order valence-electron chi connectivity index (χ4n) is 1.36. The number of carbonyl (C=O) groups excluding carboxylic acids is 1. The van der Waals surface area contributed by atoms with Crippen molar-refractivity contribution in [2.75, 3.05) is 11.6 Å². The summed E-state index contributed by atoms with van der Waals surface area (Å²) in [7, 11) is 0. The van der Waals surface area contributed by atoms with Crippen LogP contribution in [0.15, 0.2) is 18.2 Å². The first-order chi connectivity index (χ1) is 6.69. The van der Waals surface area contributed by atoms with Crippen LogP contribution in [0, 0.1) is 0 Å². The predicted octanol–water partition coefficient (Wildman–Crippen LogP) is 2.64. The third kappa shape index (κ3) is 2.48. The highest BCUT2D eigenvalue weighted by atomic mass is 35.5. The number of nitrogen functional groups attached to an aromatic ring is 1. The molecule has 0 bridgehead atoms. The lowest BCUT2D eigenvalue weighted by molar-refractivity contribution is 0.102. The van der Waals surface area contributed by atoms with Crippen LogP contribution in [0.5, 0.6) is 0 Å². The Morgan fingerprint density at radius 1 is 1.50 bits per heavy atom. The van der Waals surface area contributed by atoms with Gasteiger partial charge in [-0.05, 0) is 24.1 Å². The molecular weight excluding hydrogens is 198 g/mol. The molecule has 0 radical (unpaired) electrons. The van der Waals surface area contributed by atoms with E-state index in [1.807, 2.05) is 12.1 Å². The number of alkyl halides is 1. The van der Waals surface area contributed by atoms with Crippen LogP contribution in [-0.2, 0) is 6.42 Å². The van der Waals surface area contributed by atoms with Gasteiger partial charge in [-0.3, -0.25) is 4.79 Å². The number of ketones is 1. The fraction of sp³-hybridized carbons (Fsp3) is 0.364. The van der Waals surface area contributed by atoms with Crippen LogP contribution in [-0.4, -0.2) is 11.7 Å². The molecule has 0 saturated carbocycles. The van der Waals surface area contributed by atoms with Crippen molar-refractivity contribution in [2.24, 2.45) is 0 Å². The van der Waals surface area contributed by atoms with Gasteiger partial charge in [0.25, 0.3) is 0 Å². The lowest BCUT2D eigenvalue weighted by atomic mass is 10.0. The highest BCUT2D eigenvalue weighted by Crippen LogP contribution is 2.16. The highest BCUT2D eigenvalue weighted by Gasteiger charge is 2.08. The van der Waals surface area contributed by atoms with Gasteiger partial charge in [0.2, 0.25) is 0 Å². The summed E-state index contributed by atoms with van der Waals surface area (Å²) in [5.41, 5.74) is 7.87. The molecule has 0 heterocycles. The number of anilines is 1. The largest absolute Gasteiger partial charge is 0.398 e. The van der Waals surface area contributed by atoms with Crippen molar-refractivity contribution in [3.63, 3.8) is 0 Å². The summed E-state index contributed by atoms with van der Waals surface area (Å²) in [6.07, 6.45) is 2.02. The smallest absolute Gasteiger partial charge is 0.179 e. The number of benzene rings is 1. The molecule has 3 heteroatoms. The standard InChI is InChI=1S/C11H14ClNO/c1-2-3-8-4-5-10(13)9(6-8)11(14)7-12/h4-6H,2-3,7,13H2,1H3. The number of rotatable bonds is 4. The molecule has 0 fully saturated rings. The van der Waals surface area contributed by atoms with E-state index >= 15 is 0 Å². The average Bonchev–Trinajstić information content (AvgIpc) is 2.20. The van der Waals surface area contributed by atoms with Crippen LogP contribution >= 0.6 is 11.6 Å². The van der Waals surface area contributed by atoms with Gasteiger partial charge in [-0.25, -0.2) is 0 Å². The van der Waals surface area contributed by atoms with Gasteiger partial charge in [0.1, 0.15) is 0 Å². The van der Waals surface area contributed by atoms with E-state index in [2.05, 4.69) is 6.92 Å². The Kier molecular flexibility index (Phi) is 3.96. The molecule has 0 unspecified atom stereocenters. The van der Waals surface area contributed by atoms with E-state index in [1.165, 1.54) is 0 Å². The Morgan fingerprint density at radius 3 is 2.79 bits per heavy atom. The molecule has 0 spiro atoms. The second-order valence-electron chi connectivity index (χ2n) is 3.23. The van der Waals surface area contributed by atoms with Crippen molar-refractivity contribution in [1.29, 1.82) is 0 Å². The SMILES string of the molecule is CCCc1ccc(N)c(C(=O)CCl)c1. The van der Waals surface area contributed by atoms with Crippen LogP contribution in [0.1, 0.15) is 29.3 Å². The Balaban J connectivity index is 3.01. The molecular formula is C11H14ClNO. The maximum Gasteiger partial charge on any atom is 0.179 e. The van der Waals surface area contributed by atoms with Crippen molar-refractivity contribution in [3.05, 3.63) is 29.3 Å². The van der Waals surface area contributed by atoms with Gasteiger partial charge in [-0.1, -0.05) is 19.4 Å². The molecule has 0 aliphatic carbocycles. The zero-order valence-electron chi connectivity index (χ0n) is 8.22. The molecule has 2 nitrogen and oxygen atoms in total. The normalized spacial score (nSPS) is 10.1. The van der Waals surface area contributed by atoms with E-state index in [0.29, 0.717) is 11.3 Å². The molecule has 76 valence electrons. The number of hydrogen-bond donors (Lipinski definition) is 1. The zero-order chi connectivity index (χ0) is 10.6. The minimum absolute atomic E-state index is 0.0141. The van der Waals surface area contributed by atoms with Gasteiger partial charge in [-0.15, -0.1) is 11.6 Å². The topological polar surface area (TPSA) is 43.1 Å². The number of aryl methyl sites for hydroxylation is 1. The van der Waals surface area contributed by atoms with E-state index in [9.17, 15) is 4.79 Å². The van der Waals surface area contributed by atoms with Crippen LogP contribution in [0.4, 0.5) is 5.69 Å². The summed E-state index contributed by atoms with van der Waals surface area (Å²) in [6, 6.07) is 5.55. The van der Waals surface area contributed by atoms with E-state index < -0.39 is 0 Å². The summed E-state index contributed by atoms with van der Waals surface area (Å²) in [5, 5.41) is 0. The Labute approximate surface area is 89.1 Å². The number of halogens is 1. The lowest BCUT2D eigenvalue weighted by Crippen LogP contribution is -2.05. The monoisotopic (exact) mass is 211 g/mol. The van der Waals surface area contributed by atoms with Gasteiger partial charge in [0.15, 0.2) is 5.78 Å². The molecule has 0 amide bonds. The van der Waals surface area contributed by atoms with E-state index in [4.69, 9.17) is 17.3 Å². The van der Waals surface area contributed by atoms with Crippen molar-refractivity contribution in [1.82, 2.24) is 0 Å². The Hall–Kier alpha value is -1.02. The molecule has 0 aromatic heterocycles. The van der Waals surface area contributed by atoms with E-state index in [0.717, 1.165) is 18.4 Å². The average molecular weight is 212 g/mol. The summed E-state index contributed by atoms with van der Waals surface area (Å²) < 4.78 is 0. The number of Topliss-reactive ketones (excluding diaryl/α,β-unsaturated/α-hetero) is 1. The van der Waals surface area contributed by atoms with Gasteiger partial charge in [0, 0.05) is 11.3 Å². The molecule has 1 aromatic rings. The number of nitrogens with two attached hydrogens (primary N) is 1. The molecule has 1 aromatic carbocycles. The maximum atomic E-state index is 11.4. The van der Waals surface area contributed by atoms with Crippen molar-refractivity contribution in [3.8, 4) is 0 Å². The second kappa shape index (κ2) is 5.01. The molecule has 0 aliphatic heterocycles. The third-order valence-electron chi connectivity index (χ3n) is 2.08. The molecule has 0 atom stereocenters. The summed E-state index contributed by atoms with van der Waals surface area (Å²) in [6.45, 7) is 2.10. The maximum absolute atomic E-state index is 11.4. The first kappa shape index (κ1) is 11.1. The zero-order valence-corrected chi connectivity index (χ0v) is 8.97. The molecule has 0 saturated heterocycles. The van der Waals surface area contributed by atoms with Gasteiger partial charge >= 0.3 is 0 Å². The van der Waals surface area contributed by atoms with Gasteiger partial charge < -0.3 is 5.73 Å². The predicted molar refractivity (Wildman–Crippen MR) is 59.9 cm³/mol. The van der Waals surface area contributed by atoms with Crippen molar-refractivity contribution in [2.45, 2.75) is 19.8 Å². The van der Waals surface area contributed by atoms with Gasteiger partial charge in [-0.2, -0.15) is 0 Å². The molecule has 2 N–H and O–H groups in total. The van der Waals surface area contributed by atoms with Gasteiger partial charge in [0.05, 0.1) is 5.88 Å². The third-order valence-corrected chi connectivity index (χ3v) is 2.32. The minimum atomic E-state index is -0.109. The summed E-state index contributed by atoms with van der Waals surface area (Å²) in [5.74, 6) is -0.123.